The van der Waals surface area contributed by atoms with E-state index in [1.807, 2.05) is 0 Å². The van der Waals surface area contributed by atoms with Gasteiger partial charge in [0.05, 0.1) is 0 Å². The van der Waals surface area contributed by atoms with Gasteiger partial charge in [0.15, 0.2) is 0 Å². The van der Waals surface area contributed by atoms with Gasteiger partial charge in [-0.1, -0.05) is 0 Å². The Balaban J connectivity index is 1.77. The summed E-state index contributed by atoms with van der Waals surface area (Å²) in [6, 6.07) is 7.05. The molecule has 0 aliphatic carbocycles. The molecule has 2 aromatic heterocycles. The first kappa shape index (κ1) is 15.1. The Hall–Kier alpha value is -3.28. The van der Waals surface area contributed by atoms with Gasteiger partial charge >= 0.3 is 0 Å². The van der Waals surface area contributed by atoms with Crippen molar-refractivity contribution in [3.05, 3.63) is 72.3 Å². The number of hydrazine groups is 1. The van der Waals surface area contributed by atoms with Gasteiger partial charge in [-0.2, -0.15) is 0 Å². The number of pyridine rings is 2. The van der Waals surface area contributed by atoms with Crippen molar-refractivity contribution in [2.24, 2.45) is 0 Å². The minimum atomic E-state index is -0.428. The Labute approximate surface area is 127 Å². The molecule has 0 atom stereocenters. The highest BCUT2D eigenvalue weighted by Gasteiger charge is 1.98. The highest BCUT2D eigenvalue weighted by Crippen LogP contribution is 1.99. The van der Waals surface area contributed by atoms with Crippen LogP contribution in [0.5, 0.6) is 0 Å². The van der Waals surface area contributed by atoms with Crippen molar-refractivity contribution in [1.82, 2.24) is 20.8 Å². The van der Waals surface area contributed by atoms with Crippen molar-refractivity contribution >= 4 is 24.0 Å². The van der Waals surface area contributed by atoms with Crippen LogP contribution >= 0.6 is 0 Å². The lowest BCUT2D eigenvalue weighted by Crippen LogP contribution is -2.39. The Morgan fingerprint density at radius 1 is 0.727 bits per heavy atom. The van der Waals surface area contributed by atoms with Crippen LogP contribution < -0.4 is 10.9 Å². The van der Waals surface area contributed by atoms with Gasteiger partial charge in [0.2, 0.25) is 0 Å². The Kier molecular flexibility index (Phi) is 5.57. The SMILES string of the molecule is O=C(C=Cc1ccncc1)NNC(=O)C=Cc1ccncc1. The summed E-state index contributed by atoms with van der Waals surface area (Å²) in [5, 5.41) is 0. The Morgan fingerprint density at radius 2 is 1.09 bits per heavy atom. The molecule has 0 saturated heterocycles. The van der Waals surface area contributed by atoms with Crippen LogP contribution in [0, 0.1) is 0 Å². The van der Waals surface area contributed by atoms with Crippen LogP contribution in [-0.4, -0.2) is 21.8 Å². The van der Waals surface area contributed by atoms with E-state index in [4.69, 9.17) is 0 Å². The summed E-state index contributed by atoms with van der Waals surface area (Å²) in [6.07, 6.45) is 12.4. The van der Waals surface area contributed by atoms with Crippen LogP contribution in [0.25, 0.3) is 12.2 Å². The van der Waals surface area contributed by atoms with Crippen LogP contribution in [-0.2, 0) is 9.59 Å². The molecule has 6 heteroatoms. The maximum absolute atomic E-state index is 11.5. The number of nitrogens with zero attached hydrogens (tertiary/aromatic N) is 2. The normalized spacial score (nSPS) is 10.7. The zero-order valence-electron chi connectivity index (χ0n) is 11.6. The quantitative estimate of drug-likeness (QED) is 0.658. The van der Waals surface area contributed by atoms with Gasteiger partial charge in [0, 0.05) is 36.9 Å². The van der Waals surface area contributed by atoms with Crippen molar-refractivity contribution < 1.29 is 9.59 Å². The fraction of sp³-hybridized carbons (Fsp3) is 0. The molecule has 0 spiro atoms. The summed E-state index contributed by atoms with van der Waals surface area (Å²) >= 11 is 0. The summed E-state index contributed by atoms with van der Waals surface area (Å²) in [6.45, 7) is 0. The molecule has 0 aliphatic heterocycles. The van der Waals surface area contributed by atoms with Crippen molar-refractivity contribution in [1.29, 1.82) is 0 Å². The molecule has 110 valence electrons. The van der Waals surface area contributed by atoms with Crippen LogP contribution in [0.15, 0.2) is 61.2 Å². The highest BCUT2D eigenvalue weighted by molar-refractivity contribution is 5.96. The van der Waals surface area contributed by atoms with Crippen molar-refractivity contribution in [3.63, 3.8) is 0 Å². The monoisotopic (exact) mass is 294 g/mol. The predicted molar refractivity (Wildman–Crippen MR) is 82.8 cm³/mol. The van der Waals surface area contributed by atoms with E-state index in [9.17, 15) is 9.59 Å². The zero-order chi connectivity index (χ0) is 15.6. The summed E-state index contributed by atoms with van der Waals surface area (Å²) in [5.41, 5.74) is 6.25. The lowest BCUT2D eigenvalue weighted by Gasteiger charge is -2.01. The van der Waals surface area contributed by atoms with Crippen LogP contribution in [0.1, 0.15) is 11.1 Å². The van der Waals surface area contributed by atoms with E-state index in [1.165, 1.54) is 12.2 Å². The molecule has 0 aliphatic rings. The topological polar surface area (TPSA) is 84.0 Å². The minimum absolute atomic E-state index is 0.428. The van der Waals surface area contributed by atoms with Gasteiger partial charge < -0.3 is 0 Å². The molecule has 2 N–H and O–H groups in total. The van der Waals surface area contributed by atoms with E-state index in [2.05, 4.69) is 20.8 Å². The average molecular weight is 294 g/mol. The smallest absolute Gasteiger partial charge is 0.262 e. The zero-order valence-corrected chi connectivity index (χ0v) is 11.6. The van der Waals surface area contributed by atoms with E-state index in [0.717, 1.165) is 11.1 Å². The molecule has 2 aromatic rings. The van der Waals surface area contributed by atoms with Crippen molar-refractivity contribution in [3.8, 4) is 0 Å². The molecular weight excluding hydrogens is 280 g/mol. The van der Waals surface area contributed by atoms with Gasteiger partial charge in [0.1, 0.15) is 0 Å². The molecule has 2 rings (SSSR count). The molecule has 0 bridgehead atoms. The molecule has 0 unspecified atom stereocenters. The van der Waals surface area contributed by atoms with Gasteiger partial charge in [-0.05, 0) is 47.5 Å². The molecule has 0 fully saturated rings. The molecule has 2 heterocycles. The lowest BCUT2D eigenvalue weighted by atomic mass is 10.2. The first-order chi connectivity index (χ1) is 10.7. The maximum atomic E-state index is 11.5. The molecule has 22 heavy (non-hydrogen) atoms. The highest BCUT2D eigenvalue weighted by atomic mass is 16.2. The van der Waals surface area contributed by atoms with Gasteiger partial charge in [0.25, 0.3) is 11.8 Å². The van der Waals surface area contributed by atoms with E-state index in [-0.39, 0.29) is 0 Å². The number of hydrogen-bond acceptors (Lipinski definition) is 4. The predicted octanol–water partition coefficient (Wildman–Crippen LogP) is 1.35. The number of nitrogens with one attached hydrogen (secondary N) is 2. The summed E-state index contributed by atoms with van der Waals surface area (Å²) in [4.78, 5) is 30.8. The van der Waals surface area contributed by atoms with Crippen LogP contribution in [0.2, 0.25) is 0 Å². The van der Waals surface area contributed by atoms with Gasteiger partial charge in [-0.15, -0.1) is 0 Å². The van der Waals surface area contributed by atoms with E-state index < -0.39 is 11.8 Å². The molecule has 0 aromatic carbocycles. The third-order valence-electron chi connectivity index (χ3n) is 2.58. The molecule has 2 amide bonds. The van der Waals surface area contributed by atoms with Gasteiger partial charge in [-0.25, -0.2) is 0 Å². The van der Waals surface area contributed by atoms with Crippen LogP contribution in [0.3, 0.4) is 0 Å². The number of hydrogen-bond donors (Lipinski definition) is 2. The Morgan fingerprint density at radius 3 is 1.45 bits per heavy atom. The summed E-state index contributed by atoms with van der Waals surface area (Å²) in [7, 11) is 0. The number of aromatic nitrogens is 2. The lowest BCUT2D eigenvalue weighted by molar-refractivity contribution is -0.123. The third kappa shape index (κ3) is 5.38. The fourth-order valence-electron chi connectivity index (χ4n) is 1.50. The number of rotatable bonds is 4. The molecule has 0 radical (unpaired) electrons. The largest absolute Gasteiger partial charge is 0.268 e. The second-order valence-electron chi connectivity index (χ2n) is 4.21. The minimum Gasteiger partial charge on any atom is -0.268 e. The standard InChI is InChI=1S/C16H14N4O2/c21-15(3-1-13-5-9-17-10-6-13)19-20-16(22)4-2-14-7-11-18-12-8-14/h1-12H,(H,19,21)(H,20,22). The van der Waals surface area contributed by atoms with E-state index in [1.54, 1.807) is 61.2 Å². The second-order valence-corrected chi connectivity index (χ2v) is 4.21. The third-order valence-corrected chi connectivity index (χ3v) is 2.58. The Bertz CT molecular complexity index is 620. The molecular formula is C16H14N4O2. The van der Waals surface area contributed by atoms with Crippen molar-refractivity contribution in [2.45, 2.75) is 0 Å². The summed E-state index contributed by atoms with van der Waals surface area (Å²) in [5.74, 6) is -0.857. The maximum Gasteiger partial charge on any atom is 0.262 e. The molecule has 6 nitrogen and oxygen atoms in total. The number of carbonyl (C=O) groups excluding carboxylic acids is 2. The number of carbonyl (C=O) groups is 2. The second kappa shape index (κ2) is 8.11. The number of amides is 2. The van der Waals surface area contributed by atoms with E-state index >= 15 is 0 Å². The van der Waals surface area contributed by atoms with Crippen molar-refractivity contribution in [2.75, 3.05) is 0 Å². The van der Waals surface area contributed by atoms with Gasteiger partial charge in [-0.3, -0.25) is 30.4 Å². The summed E-state index contributed by atoms with van der Waals surface area (Å²) < 4.78 is 0. The van der Waals surface area contributed by atoms with Crippen LogP contribution in [0.4, 0.5) is 0 Å². The first-order valence-corrected chi connectivity index (χ1v) is 6.50. The first-order valence-electron chi connectivity index (χ1n) is 6.50. The molecule has 0 saturated carbocycles. The average Bonchev–Trinajstić information content (AvgIpc) is 2.58. The fourth-order valence-corrected chi connectivity index (χ4v) is 1.50. The van der Waals surface area contributed by atoms with E-state index in [0.29, 0.717) is 0 Å².